The number of hydrazone groups is 1. The van der Waals surface area contributed by atoms with Crippen molar-refractivity contribution in [2.24, 2.45) is 5.10 Å². The first-order chi connectivity index (χ1) is 18.1. The second kappa shape index (κ2) is 11.2. The van der Waals surface area contributed by atoms with Crippen LogP contribution in [0.3, 0.4) is 0 Å². The number of carbonyl (C=O) groups is 2. The summed E-state index contributed by atoms with van der Waals surface area (Å²) < 4.78 is 5.29. The highest BCUT2D eigenvalue weighted by Crippen LogP contribution is 2.34. The van der Waals surface area contributed by atoms with Crippen molar-refractivity contribution < 1.29 is 14.3 Å². The van der Waals surface area contributed by atoms with Crippen LogP contribution in [0.4, 0.5) is 5.82 Å². The van der Waals surface area contributed by atoms with Gasteiger partial charge in [-0.1, -0.05) is 42.5 Å². The molecule has 9 nitrogen and oxygen atoms in total. The molecule has 9 heteroatoms. The van der Waals surface area contributed by atoms with Gasteiger partial charge in [-0.2, -0.15) is 5.10 Å². The van der Waals surface area contributed by atoms with Gasteiger partial charge in [-0.25, -0.2) is 9.99 Å². The molecule has 1 unspecified atom stereocenters. The molecule has 0 aliphatic carbocycles. The fourth-order valence-electron chi connectivity index (χ4n) is 4.76. The first kappa shape index (κ1) is 24.4. The highest BCUT2D eigenvalue weighted by molar-refractivity contribution is 6.03. The van der Waals surface area contributed by atoms with E-state index in [1.807, 2.05) is 59.5 Å². The van der Waals surface area contributed by atoms with Gasteiger partial charge in [-0.3, -0.25) is 14.6 Å². The van der Waals surface area contributed by atoms with Crippen LogP contribution < -0.4 is 9.64 Å². The normalized spacial score (nSPS) is 17.5. The third kappa shape index (κ3) is 5.61. The quantitative estimate of drug-likeness (QED) is 0.497. The van der Waals surface area contributed by atoms with E-state index in [2.05, 4.69) is 14.9 Å². The van der Waals surface area contributed by atoms with Crippen LogP contribution in [0.25, 0.3) is 0 Å². The van der Waals surface area contributed by atoms with Crippen LogP contribution >= 0.6 is 0 Å². The van der Waals surface area contributed by atoms with Crippen molar-refractivity contribution in [2.75, 3.05) is 38.2 Å². The van der Waals surface area contributed by atoms with E-state index in [1.54, 1.807) is 30.7 Å². The summed E-state index contributed by atoms with van der Waals surface area (Å²) in [4.78, 5) is 38.7. The van der Waals surface area contributed by atoms with E-state index in [1.165, 1.54) is 0 Å². The van der Waals surface area contributed by atoms with Crippen molar-refractivity contribution >= 4 is 23.3 Å². The van der Waals surface area contributed by atoms with Crippen LogP contribution in [-0.4, -0.2) is 70.7 Å². The topological polar surface area (TPSA) is 91.2 Å². The standard InChI is InChI=1S/C28H30N6O3/c1-37-23-9-7-22(8-10-23)25-19-24(21-5-3-2-4-6-21)31-34(25)28(36)12-11-27(35)33-17-15-32(16-18-33)26-20-29-13-14-30-26/h2-10,13-14,20,25H,11-12,15-19H2,1H3. The number of benzene rings is 2. The van der Waals surface area contributed by atoms with E-state index >= 15 is 0 Å². The summed E-state index contributed by atoms with van der Waals surface area (Å²) in [6.07, 6.45) is 5.93. The molecule has 190 valence electrons. The minimum Gasteiger partial charge on any atom is -0.497 e. The lowest BCUT2D eigenvalue weighted by molar-refractivity contribution is -0.138. The molecule has 2 aromatic carbocycles. The number of hydrogen-bond acceptors (Lipinski definition) is 7. The molecule has 2 aliphatic rings. The number of aromatic nitrogens is 2. The molecule has 1 atom stereocenters. The Morgan fingerprint density at radius 1 is 0.919 bits per heavy atom. The maximum absolute atomic E-state index is 13.4. The summed E-state index contributed by atoms with van der Waals surface area (Å²) in [6, 6.07) is 17.4. The second-order valence-corrected chi connectivity index (χ2v) is 9.08. The molecule has 0 spiro atoms. The zero-order valence-electron chi connectivity index (χ0n) is 20.9. The molecule has 5 rings (SSSR count). The van der Waals surface area contributed by atoms with Gasteiger partial charge in [0.1, 0.15) is 11.6 Å². The van der Waals surface area contributed by atoms with Gasteiger partial charge < -0.3 is 14.5 Å². The Hall–Kier alpha value is -4.27. The van der Waals surface area contributed by atoms with Crippen LogP contribution in [0.5, 0.6) is 5.75 Å². The molecule has 2 aliphatic heterocycles. The smallest absolute Gasteiger partial charge is 0.243 e. The van der Waals surface area contributed by atoms with Crippen molar-refractivity contribution in [3.05, 3.63) is 84.3 Å². The predicted octanol–water partition coefficient (Wildman–Crippen LogP) is 3.29. The zero-order chi connectivity index (χ0) is 25.6. The Bertz CT molecular complexity index is 1240. The molecule has 1 saturated heterocycles. The summed E-state index contributed by atoms with van der Waals surface area (Å²) in [5.41, 5.74) is 2.84. The fraction of sp³-hybridized carbons (Fsp3) is 0.321. The molecule has 0 N–H and O–H groups in total. The molecule has 0 radical (unpaired) electrons. The first-order valence-corrected chi connectivity index (χ1v) is 12.5. The number of amides is 2. The van der Waals surface area contributed by atoms with Gasteiger partial charge in [-0.05, 0) is 23.3 Å². The number of hydrogen-bond donors (Lipinski definition) is 0. The highest BCUT2D eigenvalue weighted by atomic mass is 16.5. The number of rotatable bonds is 7. The number of ether oxygens (including phenoxy) is 1. The highest BCUT2D eigenvalue weighted by Gasteiger charge is 2.33. The summed E-state index contributed by atoms with van der Waals surface area (Å²) >= 11 is 0. The molecule has 37 heavy (non-hydrogen) atoms. The van der Waals surface area contributed by atoms with E-state index in [0.717, 1.165) is 28.4 Å². The maximum atomic E-state index is 13.4. The molecule has 3 heterocycles. The first-order valence-electron chi connectivity index (χ1n) is 12.5. The van der Waals surface area contributed by atoms with Crippen molar-refractivity contribution in [3.8, 4) is 5.75 Å². The molecule has 0 bridgehead atoms. The minimum atomic E-state index is -0.223. The van der Waals surface area contributed by atoms with Crippen molar-refractivity contribution in [1.82, 2.24) is 19.9 Å². The summed E-state index contributed by atoms with van der Waals surface area (Å²) in [5.74, 6) is 1.40. The van der Waals surface area contributed by atoms with E-state index in [9.17, 15) is 9.59 Å². The molecular weight excluding hydrogens is 468 g/mol. The largest absolute Gasteiger partial charge is 0.497 e. The van der Waals surface area contributed by atoms with Crippen LogP contribution in [0.15, 0.2) is 78.3 Å². The Morgan fingerprint density at radius 3 is 2.32 bits per heavy atom. The van der Waals surface area contributed by atoms with Crippen LogP contribution in [0, 0.1) is 0 Å². The Labute approximate surface area is 216 Å². The lowest BCUT2D eigenvalue weighted by atomic mass is 9.98. The van der Waals surface area contributed by atoms with Crippen LogP contribution in [-0.2, 0) is 9.59 Å². The van der Waals surface area contributed by atoms with E-state index < -0.39 is 0 Å². The number of carbonyl (C=O) groups excluding carboxylic acids is 2. The predicted molar refractivity (Wildman–Crippen MR) is 140 cm³/mol. The third-order valence-electron chi connectivity index (χ3n) is 6.83. The van der Waals surface area contributed by atoms with Gasteiger partial charge in [0.2, 0.25) is 11.8 Å². The number of nitrogens with zero attached hydrogens (tertiary/aromatic N) is 6. The molecule has 0 saturated carbocycles. The molecule has 3 aromatic rings. The number of methoxy groups -OCH3 is 1. The minimum absolute atomic E-state index is 0.0143. The Balaban J connectivity index is 1.23. The summed E-state index contributed by atoms with van der Waals surface area (Å²) in [6.45, 7) is 2.57. The Morgan fingerprint density at radius 2 is 1.65 bits per heavy atom. The van der Waals surface area contributed by atoms with Crippen LogP contribution in [0.2, 0.25) is 0 Å². The summed E-state index contributed by atoms with van der Waals surface area (Å²) in [7, 11) is 1.63. The zero-order valence-corrected chi connectivity index (χ0v) is 20.9. The van der Waals surface area contributed by atoms with Gasteiger partial charge in [0.25, 0.3) is 0 Å². The molecule has 1 aromatic heterocycles. The molecule has 2 amide bonds. The lowest BCUT2D eigenvalue weighted by Crippen LogP contribution is -2.49. The van der Waals surface area contributed by atoms with Crippen LogP contribution in [0.1, 0.15) is 36.4 Å². The van der Waals surface area contributed by atoms with Gasteiger partial charge >= 0.3 is 0 Å². The van der Waals surface area contributed by atoms with E-state index in [-0.39, 0.29) is 30.7 Å². The fourth-order valence-corrected chi connectivity index (χ4v) is 4.76. The van der Waals surface area contributed by atoms with Crippen molar-refractivity contribution in [1.29, 1.82) is 0 Å². The van der Waals surface area contributed by atoms with Crippen molar-refractivity contribution in [3.63, 3.8) is 0 Å². The average Bonchev–Trinajstić information content (AvgIpc) is 3.42. The summed E-state index contributed by atoms with van der Waals surface area (Å²) in [5, 5.41) is 6.28. The molecular formula is C28H30N6O3. The number of piperazine rings is 1. The second-order valence-electron chi connectivity index (χ2n) is 9.08. The molecule has 1 fully saturated rings. The van der Waals surface area contributed by atoms with E-state index in [4.69, 9.17) is 9.84 Å². The number of anilines is 1. The third-order valence-corrected chi connectivity index (χ3v) is 6.83. The van der Waals surface area contributed by atoms with Gasteiger partial charge in [0.15, 0.2) is 0 Å². The maximum Gasteiger partial charge on any atom is 0.243 e. The van der Waals surface area contributed by atoms with Gasteiger partial charge in [-0.15, -0.1) is 0 Å². The van der Waals surface area contributed by atoms with Crippen molar-refractivity contribution in [2.45, 2.75) is 25.3 Å². The lowest BCUT2D eigenvalue weighted by Gasteiger charge is -2.35. The van der Waals surface area contributed by atoms with Gasteiger partial charge in [0.05, 0.1) is 25.1 Å². The Kier molecular flexibility index (Phi) is 7.39. The monoisotopic (exact) mass is 498 g/mol. The average molecular weight is 499 g/mol. The SMILES string of the molecule is COc1ccc(C2CC(c3ccccc3)=NN2C(=O)CCC(=O)N2CCN(c3cnccn3)CC2)cc1. The van der Waals surface area contributed by atoms with E-state index in [0.29, 0.717) is 32.6 Å². The van der Waals surface area contributed by atoms with Gasteiger partial charge in [0, 0.05) is 57.8 Å².